The van der Waals surface area contributed by atoms with Gasteiger partial charge in [0, 0.05) is 18.7 Å². The second kappa shape index (κ2) is 7.71. The SMILES string of the molecule is CCCN(CCCN)C(=O)c1cccc(OC)c1. The molecular formula is C14H22N2O2. The molecule has 0 spiro atoms. The number of hydrogen-bond donors (Lipinski definition) is 1. The van der Waals surface area contributed by atoms with Crippen LogP contribution in [0.2, 0.25) is 0 Å². The van der Waals surface area contributed by atoms with E-state index in [0.717, 1.165) is 19.4 Å². The molecule has 0 heterocycles. The monoisotopic (exact) mass is 250 g/mol. The molecule has 0 bridgehead atoms. The van der Waals surface area contributed by atoms with Crippen LogP contribution < -0.4 is 10.5 Å². The number of amides is 1. The van der Waals surface area contributed by atoms with Gasteiger partial charge >= 0.3 is 0 Å². The summed E-state index contributed by atoms with van der Waals surface area (Å²) in [6, 6.07) is 7.25. The zero-order chi connectivity index (χ0) is 13.4. The molecule has 1 aromatic carbocycles. The lowest BCUT2D eigenvalue weighted by molar-refractivity contribution is 0.0754. The first kappa shape index (κ1) is 14.5. The van der Waals surface area contributed by atoms with Crippen LogP contribution in [0, 0.1) is 0 Å². The summed E-state index contributed by atoms with van der Waals surface area (Å²) in [5.74, 6) is 0.750. The van der Waals surface area contributed by atoms with Crippen LogP contribution in [0.1, 0.15) is 30.1 Å². The van der Waals surface area contributed by atoms with Crippen molar-refractivity contribution in [3.05, 3.63) is 29.8 Å². The van der Waals surface area contributed by atoms with Crippen molar-refractivity contribution in [2.45, 2.75) is 19.8 Å². The fraction of sp³-hybridized carbons (Fsp3) is 0.500. The van der Waals surface area contributed by atoms with Gasteiger partial charge in [0.15, 0.2) is 0 Å². The van der Waals surface area contributed by atoms with Crippen LogP contribution in [0.5, 0.6) is 5.75 Å². The van der Waals surface area contributed by atoms with Gasteiger partial charge in [-0.3, -0.25) is 4.79 Å². The Morgan fingerprint density at radius 2 is 2.17 bits per heavy atom. The van der Waals surface area contributed by atoms with Crippen LogP contribution >= 0.6 is 0 Å². The first-order chi connectivity index (χ1) is 8.72. The molecule has 0 aliphatic rings. The first-order valence-electron chi connectivity index (χ1n) is 6.36. The van der Waals surface area contributed by atoms with Gasteiger partial charge in [-0.2, -0.15) is 0 Å². The normalized spacial score (nSPS) is 10.2. The van der Waals surface area contributed by atoms with Crippen molar-refractivity contribution in [2.24, 2.45) is 5.73 Å². The Bertz CT molecular complexity index is 380. The van der Waals surface area contributed by atoms with E-state index in [0.29, 0.717) is 24.4 Å². The third-order valence-corrected chi connectivity index (χ3v) is 2.73. The molecule has 18 heavy (non-hydrogen) atoms. The number of benzene rings is 1. The quantitative estimate of drug-likeness (QED) is 0.804. The fourth-order valence-corrected chi connectivity index (χ4v) is 1.81. The molecule has 0 aromatic heterocycles. The molecule has 0 aliphatic carbocycles. The molecular weight excluding hydrogens is 228 g/mol. The highest BCUT2D eigenvalue weighted by Crippen LogP contribution is 2.14. The van der Waals surface area contributed by atoms with Crippen LogP contribution in [0.15, 0.2) is 24.3 Å². The molecule has 1 aromatic rings. The van der Waals surface area contributed by atoms with Gasteiger partial charge in [-0.05, 0) is 37.6 Å². The molecule has 4 heteroatoms. The molecule has 0 saturated heterocycles. The van der Waals surface area contributed by atoms with Gasteiger partial charge in [0.05, 0.1) is 7.11 Å². The third kappa shape index (κ3) is 4.04. The number of nitrogens with zero attached hydrogens (tertiary/aromatic N) is 1. The number of methoxy groups -OCH3 is 1. The van der Waals surface area contributed by atoms with Gasteiger partial charge in [0.2, 0.25) is 0 Å². The van der Waals surface area contributed by atoms with Gasteiger partial charge in [0.1, 0.15) is 5.75 Å². The van der Waals surface area contributed by atoms with Gasteiger partial charge in [-0.25, -0.2) is 0 Å². The van der Waals surface area contributed by atoms with Crippen LogP contribution in [-0.2, 0) is 0 Å². The predicted octanol–water partition coefficient (Wildman–Crippen LogP) is 1.90. The lowest BCUT2D eigenvalue weighted by Gasteiger charge is -2.22. The van der Waals surface area contributed by atoms with Gasteiger partial charge in [-0.15, -0.1) is 0 Å². The Morgan fingerprint density at radius 1 is 1.39 bits per heavy atom. The number of carbonyl (C=O) groups is 1. The molecule has 1 rings (SSSR count). The van der Waals surface area contributed by atoms with Crippen molar-refractivity contribution in [1.82, 2.24) is 4.90 Å². The van der Waals surface area contributed by atoms with E-state index < -0.39 is 0 Å². The molecule has 4 nitrogen and oxygen atoms in total. The van der Waals surface area contributed by atoms with Crippen molar-refractivity contribution in [3.63, 3.8) is 0 Å². The molecule has 2 N–H and O–H groups in total. The van der Waals surface area contributed by atoms with Crippen molar-refractivity contribution in [2.75, 3.05) is 26.7 Å². The second-order valence-electron chi connectivity index (χ2n) is 4.17. The smallest absolute Gasteiger partial charge is 0.253 e. The van der Waals surface area contributed by atoms with E-state index in [1.807, 2.05) is 23.1 Å². The average Bonchev–Trinajstić information content (AvgIpc) is 2.42. The molecule has 100 valence electrons. The van der Waals surface area contributed by atoms with Crippen LogP contribution in [-0.4, -0.2) is 37.6 Å². The van der Waals surface area contributed by atoms with E-state index in [9.17, 15) is 4.79 Å². The number of rotatable bonds is 7. The molecule has 0 aliphatic heterocycles. The van der Waals surface area contributed by atoms with E-state index in [1.165, 1.54) is 0 Å². The summed E-state index contributed by atoms with van der Waals surface area (Å²) in [5.41, 5.74) is 6.17. The number of ether oxygens (including phenoxy) is 1. The number of carbonyl (C=O) groups excluding carboxylic acids is 1. The Labute approximate surface area is 109 Å². The molecule has 0 fully saturated rings. The average molecular weight is 250 g/mol. The lowest BCUT2D eigenvalue weighted by Crippen LogP contribution is -2.33. The Hall–Kier alpha value is -1.55. The summed E-state index contributed by atoms with van der Waals surface area (Å²) >= 11 is 0. The maximum absolute atomic E-state index is 12.3. The fourth-order valence-electron chi connectivity index (χ4n) is 1.81. The summed E-state index contributed by atoms with van der Waals surface area (Å²) in [6.07, 6.45) is 1.77. The maximum atomic E-state index is 12.3. The topological polar surface area (TPSA) is 55.6 Å². The molecule has 1 amide bonds. The summed E-state index contributed by atoms with van der Waals surface area (Å²) in [6.45, 7) is 4.14. The molecule has 0 radical (unpaired) electrons. The Morgan fingerprint density at radius 3 is 2.78 bits per heavy atom. The summed E-state index contributed by atoms with van der Waals surface area (Å²) in [4.78, 5) is 14.2. The highest BCUT2D eigenvalue weighted by atomic mass is 16.5. The minimum atomic E-state index is 0.0456. The van der Waals surface area contributed by atoms with E-state index in [2.05, 4.69) is 6.92 Å². The summed E-state index contributed by atoms with van der Waals surface area (Å²) < 4.78 is 5.14. The zero-order valence-electron chi connectivity index (χ0n) is 11.2. The standard InChI is InChI=1S/C14H22N2O2/c1-3-9-16(10-5-8-15)14(17)12-6-4-7-13(11-12)18-2/h4,6-7,11H,3,5,8-10,15H2,1-2H3. The van der Waals surface area contributed by atoms with Crippen molar-refractivity contribution in [1.29, 1.82) is 0 Å². The van der Waals surface area contributed by atoms with Gasteiger partial charge in [-0.1, -0.05) is 13.0 Å². The first-order valence-corrected chi connectivity index (χ1v) is 6.36. The van der Waals surface area contributed by atoms with Crippen LogP contribution in [0.3, 0.4) is 0 Å². The third-order valence-electron chi connectivity index (χ3n) is 2.73. The van der Waals surface area contributed by atoms with E-state index in [1.54, 1.807) is 13.2 Å². The molecule has 0 saturated carbocycles. The van der Waals surface area contributed by atoms with Crippen molar-refractivity contribution < 1.29 is 9.53 Å². The maximum Gasteiger partial charge on any atom is 0.253 e. The Kier molecular flexibility index (Phi) is 6.22. The highest BCUT2D eigenvalue weighted by Gasteiger charge is 2.14. The minimum Gasteiger partial charge on any atom is -0.497 e. The van der Waals surface area contributed by atoms with E-state index >= 15 is 0 Å². The number of hydrogen-bond acceptors (Lipinski definition) is 3. The predicted molar refractivity (Wildman–Crippen MR) is 72.9 cm³/mol. The van der Waals surface area contributed by atoms with Crippen LogP contribution in [0.4, 0.5) is 0 Å². The summed E-state index contributed by atoms with van der Waals surface area (Å²) in [7, 11) is 1.60. The largest absolute Gasteiger partial charge is 0.497 e. The van der Waals surface area contributed by atoms with E-state index in [-0.39, 0.29) is 5.91 Å². The Balaban J connectivity index is 2.79. The van der Waals surface area contributed by atoms with Gasteiger partial charge < -0.3 is 15.4 Å². The summed E-state index contributed by atoms with van der Waals surface area (Å²) in [5, 5.41) is 0. The molecule has 0 atom stereocenters. The zero-order valence-corrected chi connectivity index (χ0v) is 11.2. The second-order valence-corrected chi connectivity index (χ2v) is 4.17. The lowest BCUT2D eigenvalue weighted by atomic mass is 10.1. The van der Waals surface area contributed by atoms with Gasteiger partial charge in [0.25, 0.3) is 5.91 Å². The van der Waals surface area contributed by atoms with Crippen molar-refractivity contribution in [3.8, 4) is 5.75 Å². The number of nitrogens with two attached hydrogens (primary N) is 1. The highest BCUT2D eigenvalue weighted by molar-refractivity contribution is 5.94. The van der Waals surface area contributed by atoms with E-state index in [4.69, 9.17) is 10.5 Å². The van der Waals surface area contributed by atoms with Crippen molar-refractivity contribution >= 4 is 5.91 Å². The minimum absolute atomic E-state index is 0.0456. The molecule has 0 unspecified atom stereocenters. The van der Waals surface area contributed by atoms with Crippen LogP contribution in [0.25, 0.3) is 0 Å².